The number of rotatable bonds is 5. The van der Waals surface area contributed by atoms with Gasteiger partial charge in [0.05, 0.1) is 11.0 Å². The quantitative estimate of drug-likeness (QED) is 0.676. The van der Waals surface area contributed by atoms with Crippen molar-refractivity contribution in [2.75, 3.05) is 11.9 Å². The molecule has 0 unspecified atom stereocenters. The Morgan fingerprint density at radius 2 is 1.90 bits per heavy atom. The van der Waals surface area contributed by atoms with E-state index in [-0.39, 0.29) is 5.69 Å². The molecule has 0 aliphatic carbocycles. The summed E-state index contributed by atoms with van der Waals surface area (Å²) in [7, 11) is 1.82. The molecule has 0 heterocycles. The zero-order valence-corrected chi connectivity index (χ0v) is 12.1. The van der Waals surface area contributed by atoms with E-state index in [9.17, 15) is 15.2 Å². The average Bonchev–Trinajstić information content (AvgIpc) is 2.47. The topological polar surface area (TPSA) is 66.6 Å². The fraction of sp³-hybridized carbons (Fsp3) is 0.250. The van der Waals surface area contributed by atoms with Crippen molar-refractivity contribution >= 4 is 11.4 Å². The fourth-order valence-corrected chi connectivity index (χ4v) is 2.21. The van der Waals surface area contributed by atoms with Gasteiger partial charge in [0.1, 0.15) is 5.69 Å². The van der Waals surface area contributed by atoms with E-state index >= 15 is 0 Å². The largest absolute Gasteiger partial charge is 0.389 e. The maximum Gasteiger partial charge on any atom is 0.292 e. The normalized spacial score (nSPS) is 12.0. The first-order valence-electron chi connectivity index (χ1n) is 6.70. The van der Waals surface area contributed by atoms with Crippen LogP contribution in [0.25, 0.3) is 0 Å². The van der Waals surface area contributed by atoms with Crippen LogP contribution in [0.2, 0.25) is 0 Å². The minimum absolute atomic E-state index is 0.00633. The van der Waals surface area contributed by atoms with Crippen LogP contribution >= 0.6 is 0 Å². The monoisotopic (exact) mass is 286 g/mol. The maximum absolute atomic E-state index is 11.3. The number of benzene rings is 2. The van der Waals surface area contributed by atoms with Crippen LogP contribution < -0.4 is 4.90 Å². The summed E-state index contributed by atoms with van der Waals surface area (Å²) in [4.78, 5) is 12.7. The molecule has 5 heteroatoms. The van der Waals surface area contributed by atoms with Crippen LogP contribution in [0.15, 0.2) is 48.5 Å². The number of anilines is 1. The van der Waals surface area contributed by atoms with Gasteiger partial charge in [-0.3, -0.25) is 10.1 Å². The zero-order chi connectivity index (χ0) is 15.4. The molecule has 0 aliphatic rings. The predicted molar refractivity (Wildman–Crippen MR) is 82.3 cm³/mol. The molecule has 0 bridgehead atoms. The molecule has 0 aromatic heterocycles. The molecule has 110 valence electrons. The van der Waals surface area contributed by atoms with Crippen molar-refractivity contribution in [3.8, 4) is 0 Å². The zero-order valence-electron chi connectivity index (χ0n) is 12.1. The van der Waals surface area contributed by atoms with E-state index in [0.29, 0.717) is 17.8 Å². The third-order valence-electron chi connectivity index (χ3n) is 3.35. The summed E-state index contributed by atoms with van der Waals surface area (Å²) in [6.07, 6.45) is -0.725. The Labute approximate surface area is 123 Å². The molecule has 0 spiro atoms. The van der Waals surface area contributed by atoms with Gasteiger partial charge in [-0.15, -0.1) is 0 Å². The molecule has 21 heavy (non-hydrogen) atoms. The van der Waals surface area contributed by atoms with Crippen LogP contribution in [-0.4, -0.2) is 17.1 Å². The lowest BCUT2D eigenvalue weighted by Crippen LogP contribution is -2.17. The number of aliphatic hydroxyl groups is 1. The first kappa shape index (κ1) is 15.0. The minimum atomic E-state index is -0.725. The number of nitro benzene ring substituents is 1. The predicted octanol–water partition coefficient (Wildman–Crippen LogP) is 3.28. The highest BCUT2D eigenvalue weighted by molar-refractivity contribution is 5.64. The van der Waals surface area contributed by atoms with Crippen LogP contribution in [0, 0.1) is 10.1 Å². The summed E-state index contributed by atoms with van der Waals surface area (Å²) in [6.45, 7) is 2.17. The average molecular weight is 286 g/mol. The van der Waals surface area contributed by atoms with Gasteiger partial charge in [-0.1, -0.05) is 36.4 Å². The van der Waals surface area contributed by atoms with Gasteiger partial charge in [0.2, 0.25) is 0 Å². The van der Waals surface area contributed by atoms with E-state index in [1.54, 1.807) is 19.1 Å². The Kier molecular flexibility index (Phi) is 4.55. The third-order valence-corrected chi connectivity index (χ3v) is 3.35. The number of nitrogens with zero attached hydrogens (tertiary/aromatic N) is 2. The van der Waals surface area contributed by atoms with Crippen molar-refractivity contribution in [3.05, 3.63) is 69.8 Å². The lowest BCUT2D eigenvalue weighted by Gasteiger charge is -2.20. The number of hydrogen-bond acceptors (Lipinski definition) is 4. The van der Waals surface area contributed by atoms with Gasteiger partial charge in [0.25, 0.3) is 5.69 Å². The molecule has 5 nitrogen and oxygen atoms in total. The SMILES string of the molecule is C[C@@H](O)c1ccc(N(C)Cc2ccccc2)c([N+](=O)[O-])c1. The molecule has 0 fully saturated rings. The van der Waals surface area contributed by atoms with Gasteiger partial charge in [-0.25, -0.2) is 0 Å². The third kappa shape index (κ3) is 3.58. The smallest absolute Gasteiger partial charge is 0.292 e. The molecule has 2 rings (SSSR count). The molecule has 2 aromatic carbocycles. The van der Waals surface area contributed by atoms with E-state index in [2.05, 4.69) is 0 Å². The van der Waals surface area contributed by atoms with Crippen molar-refractivity contribution in [2.45, 2.75) is 19.6 Å². The molecule has 1 N–H and O–H groups in total. The first-order valence-corrected chi connectivity index (χ1v) is 6.70. The molecule has 0 radical (unpaired) electrons. The molecule has 0 saturated heterocycles. The highest BCUT2D eigenvalue weighted by atomic mass is 16.6. The molecule has 0 amide bonds. The molecular formula is C16H18N2O3. The van der Waals surface area contributed by atoms with E-state index < -0.39 is 11.0 Å². The second kappa shape index (κ2) is 6.37. The molecular weight excluding hydrogens is 268 g/mol. The summed E-state index contributed by atoms with van der Waals surface area (Å²) < 4.78 is 0. The maximum atomic E-state index is 11.3. The summed E-state index contributed by atoms with van der Waals surface area (Å²) in [6, 6.07) is 14.6. The second-order valence-electron chi connectivity index (χ2n) is 5.02. The Hall–Kier alpha value is -2.40. The molecule has 1 atom stereocenters. The van der Waals surface area contributed by atoms with E-state index in [4.69, 9.17) is 0 Å². The van der Waals surface area contributed by atoms with Gasteiger partial charge in [-0.05, 0) is 24.1 Å². The van der Waals surface area contributed by atoms with E-state index in [1.165, 1.54) is 6.07 Å². The van der Waals surface area contributed by atoms with Crippen LogP contribution in [-0.2, 0) is 6.54 Å². The number of nitro groups is 1. The minimum Gasteiger partial charge on any atom is -0.389 e. The Bertz CT molecular complexity index is 627. The van der Waals surface area contributed by atoms with Crippen LogP contribution in [0.5, 0.6) is 0 Å². The summed E-state index contributed by atoms with van der Waals surface area (Å²) in [5.41, 5.74) is 2.16. The number of aliphatic hydroxyl groups excluding tert-OH is 1. The highest BCUT2D eigenvalue weighted by Gasteiger charge is 2.19. The van der Waals surface area contributed by atoms with Gasteiger partial charge in [0, 0.05) is 19.7 Å². The fourth-order valence-electron chi connectivity index (χ4n) is 2.21. The molecule has 0 aliphatic heterocycles. The van der Waals surface area contributed by atoms with Crippen molar-refractivity contribution in [1.29, 1.82) is 0 Å². The standard InChI is InChI=1S/C16H18N2O3/c1-12(19)14-8-9-15(16(10-14)18(20)21)17(2)11-13-6-4-3-5-7-13/h3-10,12,19H,11H2,1-2H3/t12-/m1/s1. The number of hydrogen-bond donors (Lipinski definition) is 1. The highest BCUT2D eigenvalue weighted by Crippen LogP contribution is 2.31. The lowest BCUT2D eigenvalue weighted by molar-refractivity contribution is -0.384. The van der Waals surface area contributed by atoms with Gasteiger partial charge >= 0.3 is 0 Å². The Morgan fingerprint density at radius 3 is 2.48 bits per heavy atom. The summed E-state index contributed by atoms with van der Waals surface area (Å²) in [5, 5.41) is 20.8. The summed E-state index contributed by atoms with van der Waals surface area (Å²) >= 11 is 0. The molecule has 2 aromatic rings. The van der Waals surface area contributed by atoms with E-state index in [0.717, 1.165) is 5.56 Å². The Morgan fingerprint density at radius 1 is 1.24 bits per heavy atom. The van der Waals surface area contributed by atoms with Crippen molar-refractivity contribution in [1.82, 2.24) is 0 Å². The Balaban J connectivity index is 2.32. The van der Waals surface area contributed by atoms with E-state index in [1.807, 2.05) is 42.3 Å². The lowest BCUT2D eigenvalue weighted by atomic mass is 10.1. The van der Waals surface area contributed by atoms with Crippen LogP contribution in [0.3, 0.4) is 0 Å². The van der Waals surface area contributed by atoms with Gasteiger partial charge in [0.15, 0.2) is 0 Å². The van der Waals surface area contributed by atoms with Gasteiger partial charge < -0.3 is 10.0 Å². The van der Waals surface area contributed by atoms with Gasteiger partial charge in [-0.2, -0.15) is 0 Å². The molecule has 0 saturated carbocycles. The van der Waals surface area contributed by atoms with Crippen molar-refractivity contribution in [2.24, 2.45) is 0 Å². The summed E-state index contributed by atoms with van der Waals surface area (Å²) in [5.74, 6) is 0. The first-order chi connectivity index (χ1) is 9.99. The van der Waals surface area contributed by atoms with Crippen LogP contribution in [0.1, 0.15) is 24.2 Å². The van der Waals surface area contributed by atoms with Crippen molar-refractivity contribution < 1.29 is 10.0 Å². The van der Waals surface area contributed by atoms with Crippen LogP contribution in [0.4, 0.5) is 11.4 Å². The second-order valence-corrected chi connectivity index (χ2v) is 5.02. The van der Waals surface area contributed by atoms with Crippen molar-refractivity contribution in [3.63, 3.8) is 0 Å².